The molecular formula is C19H16F6O2. The van der Waals surface area contributed by atoms with Crippen molar-refractivity contribution in [3.63, 3.8) is 0 Å². The topological polar surface area (TPSA) is 29.5 Å². The van der Waals surface area contributed by atoms with E-state index in [1.807, 2.05) is 0 Å². The van der Waals surface area contributed by atoms with Crippen LogP contribution in [0.1, 0.15) is 29.2 Å². The van der Waals surface area contributed by atoms with E-state index >= 15 is 0 Å². The highest BCUT2D eigenvalue weighted by Crippen LogP contribution is 2.38. The molecule has 0 spiro atoms. The van der Waals surface area contributed by atoms with Gasteiger partial charge in [-0.15, -0.1) is 0 Å². The average molecular weight is 390 g/mol. The lowest BCUT2D eigenvalue weighted by molar-refractivity contribution is -0.143. The van der Waals surface area contributed by atoms with Crippen LogP contribution in [0.3, 0.4) is 0 Å². The summed E-state index contributed by atoms with van der Waals surface area (Å²) in [5.41, 5.74) is -0.620. The molecule has 0 atom stereocenters. The Morgan fingerprint density at radius 3 is 1.89 bits per heavy atom. The van der Waals surface area contributed by atoms with E-state index in [1.165, 1.54) is 0 Å². The van der Waals surface area contributed by atoms with Gasteiger partial charge in [0.05, 0.1) is 17.7 Å². The largest absolute Gasteiger partial charge is 0.489 e. The van der Waals surface area contributed by atoms with Crippen LogP contribution in [-0.4, -0.2) is 11.7 Å². The first kappa shape index (κ1) is 20.8. The zero-order valence-electron chi connectivity index (χ0n) is 14.2. The molecule has 2 nitrogen and oxygen atoms in total. The van der Waals surface area contributed by atoms with E-state index in [0.29, 0.717) is 17.7 Å². The number of ether oxygens (including phenoxy) is 1. The van der Waals surface area contributed by atoms with Gasteiger partial charge in [0.1, 0.15) is 12.4 Å². The average Bonchev–Trinajstić information content (AvgIpc) is 2.59. The maximum atomic E-state index is 12.8. The number of alkyl halides is 6. The highest BCUT2D eigenvalue weighted by atomic mass is 19.4. The number of allylic oxidation sites excluding steroid dienone is 1. The minimum Gasteiger partial charge on any atom is -0.489 e. The molecule has 2 aromatic rings. The van der Waals surface area contributed by atoms with Crippen molar-refractivity contribution in [2.45, 2.75) is 25.9 Å². The molecule has 8 heteroatoms. The Balaban J connectivity index is 2.21. The van der Waals surface area contributed by atoms with Crippen molar-refractivity contribution in [1.82, 2.24) is 0 Å². The maximum Gasteiger partial charge on any atom is 0.416 e. The van der Waals surface area contributed by atoms with Gasteiger partial charge in [-0.25, -0.2) is 0 Å². The third-order valence-corrected chi connectivity index (χ3v) is 3.77. The van der Waals surface area contributed by atoms with Gasteiger partial charge in [-0.2, -0.15) is 26.3 Å². The Bertz CT molecular complexity index is 772. The molecule has 0 aromatic heterocycles. The van der Waals surface area contributed by atoms with Crippen LogP contribution in [0.15, 0.2) is 48.5 Å². The molecule has 27 heavy (non-hydrogen) atoms. The van der Waals surface area contributed by atoms with E-state index in [-0.39, 0.29) is 19.3 Å². The number of aliphatic hydroxyl groups excluding tert-OH is 1. The summed E-state index contributed by atoms with van der Waals surface area (Å²) in [4.78, 5) is 0. The van der Waals surface area contributed by atoms with Gasteiger partial charge < -0.3 is 9.84 Å². The summed E-state index contributed by atoms with van der Waals surface area (Å²) >= 11 is 0. The summed E-state index contributed by atoms with van der Waals surface area (Å²) in [6, 6.07) is 7.85. The van der Waals surface area contributed by atoms with Gasteiger partial charge in [-0.3, -0.25) is 0 Å². The maximum absolute atomic E-state index is 12.8. The molecule has 0 aliphatic heterocycles. The van der Waals surface area contributed by atoms with Gasteiger partial charge >= 0.3 is 12.4 Å². The van der Waals surface area contributed by atoms with E-state index in [1.54, 1.807) is 37.3 Å². The van der Waals surface area contributed by atoms with Crippen LogP contribution in [-0.2, 0) is 19.0 Å². The summed E-state index contributed by atoms with van der Waals surface area (Å²) in [5.74, 6) is -0.516. The number of halogens is 6. The molecule has 0 aliphatic rings. The monoisotopic (exact) mass is 390 g/mol. The van der Waals surface area contributed by atoms with Crippen LogP contribution in [0.25, 0.3) is 5.57 Å². The van der Waals surface area contributed by atoms with Gasteiger partial charge in [-0.05, 0) is 41.8 Å². The predicted molar refractivity (Wildman–Crippen MR) is 88.0 cm³/mol. The first-order valence-corrected chi connectivity index (χ1v) is 7.80. The zero-order valence-corrected chi connectivity index (χ0v) is 14.2. The van der Waals surface area contributed by atoms with E-state index < -0.39 is 29.2 Å². The van der Waals surface area contributed by atoms with Crippen molar-refractivity contribution >= 4 is 5.57 Å². The second kappa shape index (κ2) is 8.04. The summed E-state index contributed by atoms with van der Waals surface area (Å²) in [5, 5.41) is 8.87. The quantitative estimate of drug-likeness (QED) is 0.664. The molecule has 0 saturated heterocycles. The molecule has 1 N–H and O–H groups in total. The summed E-state index contributed by atoms with van der Waals surface area (Å²) in [6.45, 7) is 1.48. The molecule has 0 radical (unpaired) electrons. The second-order valence-electron chi connectivity index (χ2n) is 5.80. The summed E-state index contributed by atoms with van der Waals surface area (Å²) in [7, 11) is 0. The van der Waals surface area contributed by atoms with E-state index in [0.717, 1.165) is 11.1 Å². The highest BCUT2D eigenvalue weighted by molar-refractivity contribution is 5.63. The molecule has 2 rings (SSSR count). The molecule has 0 amide bonds. The van der Waals surface area contributed by atoms with Crippen LogP contribution < -0.4 is 4.74 Å². The van der Waals surface area contributed by atoms with Crippen LogP contribution in [0.4, 0.5) is 26.3 Å². The van der Waals surface area contributed by atoms with E-state index in [4.69, 9.17) is 9.84 Å². The molecular weight excluding hydrogens is 374 g/mol. The summed E-state index contributed by atoms with van der Waals surface area (Å²) < 4.78 is 82.2. The number of benzene rings is 2. The van der Waals surface area contributed by atoms with Gasteiger partial charge in [0, 0.05) is 0 Å². The Morgan fingerprint density at radius 1 is 0.926 bits per heavy atom. The third kappa shape index (κ3) is 5.75. The lowest BCUT2D eigenvalue weighted by atomic mass is 10.1. The van der Waals surface area contributed by atoms with E-state index in [2.05, 4.69) is 0 Å². The smallest absolute Gasteiger partial charge is 0.416 e. The van der Waals surface area contributed by atoms with E-state index in [9.17, 15) is 26.3 Å². The van der Waals surface area contributed by atoms with Crippen LogP contribution >= 0.6 is 0 Å². The minimum atomic E-state index is -4.92. The SMILES string of the molecule is C/C(=C\CO)c1ccc(COc2cc(C(F)(F)F)cc(C(F)(F)F)c2)cc1. The van der Waals surface area contributed by atoms with Gasteiger partial charge in [-0.1, -0.05) is 30.3 Å². The van der Waals surface area contributed by atoms with Gasteiger partial charge in [0.15, 0.2) is 0 Å². The number of aliphatic hydroxyl groups is 1. The van der Waals surface area contributed by atoms with Crippen LogP contribution in [0, 0.1) is 0 Å². The standard InChI is InChI=1S/C19H16F6O2/c1-12(6-7-26)14-4-2-13(3-5-14)11-27-17-9-15(18(20,21)22)8-16(10-17)19(23,24)25/h2-6,8-10,26H,7,11H2,1H3/b12-6+. The fourth-order valence-electron chi connectivity index (χ4n) is 2.30. The van der Waals surface area contributed by atoms with Crippen molar-refractivity contribution in [2.24, 2.45) is 0 Å². The fraction of sp³-hybridized carbons (Fsp3) is 0.263. The summed E-state index contributed by atoms with van der Waals surface area (Å²) in [6.07, 6.45) is -8.23. The molecule has 146 valence electrons. The third-order valence-electron chi connectivity index (χ3n) is 3.77. The number of hydrogen-bond donors (Lipinski definition) is 1. The molecule has 0 fully saturated rings. The molecule has 0 bridgehead atoms. The fourth-order valence-corrected chi connectivity index (χ4v) is 2.30. The lowest BCUT2D eigenvalue weighted by Gasteiger charge is -2.15. The second-order valence-corrected chi connectivity index (χ2v) is 5.80. The van der Waals surface area contributed by atoms with Crippen LogP contribution in [0.2, 0.25) is 0 Å². The van der Waals surface area contributed by atoms with Crippen molar-refractivity contribution in [1.29, 1.82) is 0 Å². The number of hydrogen-bond acceptors (Lipinski definition) is 2. The Morgan fingerprint density at radius 2 is 1.44 bits per heavy atom. The van der Waals surface area contributed by atoms with Crippen molar-refractivity contribution in [3.05, 3.63) is 70.8 Å². The molecule has 0 heterocycles. The molecule has 0 saturated carbocycles. The Labute approximate surface area is 151 Å². The lowest BCUT2D eigenvalue weighted by Crippen LogP contribution is -2.11. The van der Waals surface area contributed by atoms with Gasteiger partial charge in [0.25, 0.3) is 0 Å². The highest BCUT2D eigenvalue weighted by Gasteiger charge is 2.37. The molecule has 0 unspecified atom stereocenters. The predicted octanol–water partition coefficient (Wildman–Crippen LogP) is 5.70. The van der Waals surface area contributed by atoms with Gasteiger partial charge in [0.2, 0.25) is 0 Å². The first-order chi connectivity index (χ1) is 12.5. The molecule has 2 aromatic carbocycles. The zero-order chi connectivity index (χ0) is 20.2. The van der Waals surface area contributed by atoms with Crippen LogP contribution in [0.5, 0.6) is 5.75 Å². The van der Waals surface area contributed by atoms with Crippen molar-refractivity contribution < 1.29 is 36.2 Å². The molecule has 0 aliphatic carbocycles. The minimum absolute atomic E-state index is 0.0535. The first-order valence-electron chi connectivity index (χ1n) is 7.80. The Kier molecular flexibility index (Phi) is 6.20. The Hall–Kier alpha value is -2.48. The van der Waals surface area contributed by atoms with Crippen molar-refractivity contribution in [3.8, 4) is 5.75 Å². The normalized spacial score (nSPS) is 13.0. The van der Waals surface area contributed by atoms with Crippen molar-refractivity contribution in [2.75, 3.05) is 6.61 Å². The number of rotatable bonds is 5.